The first-order valence-electron chi connectivity index (χ1n) is 5.94. The molecule has 6 heteroatoms. The third-order valence-corrected chi connectivity index (χ3v) is 2.76. The van der Waals surface area contributed by atoms with Crippen LogP contribution in [-0.4, -0.2) is 24.3 Å². The highest BCUT2D eigenvalue weighted by atomic mass is 19.4. The first kappa shape index (κ1) is 14.2. The van der Waals surface area contributed by atoms with Gasteiger partial charge in [-0.25, -0.2) is 0 Å². The van der Waals surface area contributed by atoms with Crippen molar-refractivity contribution in [3.63, 3.8) is 0 Å². The second-order valence-corrected chi connectivity index (χ2v) is 4.52. The first-order valence-corrected chi connectivity index (χ1v) is 5.94. The van der Waals surface area contributed by atoms with E-state index in [1.165, 1.54) is 6.08 Å². The summed E-state index contributed by atoms with van der Waals surface area (Å²) in [5.41, 5.74) is 1.35. The Hall–Kier alpha value is -2.24. The van der Waals surface area contributed by atoms with Crippen LogP contribution < -0.4 is 4.90 Å². The van der Waals surface area contributed by atoms with E-state index in [-0.39, 0.29) is 5.69 Å². The van der Waals surface area contributed by atoms with Gasteiger partial charge < -0.3 is 4.90 Å². The maximum absolute atomic E-state index is 12.4. The van der Waals surface area contributed by atoms with Crippen molar-refractivity contribution in [1.29, 1.82) is 0 Å². The molecule has 0 saturated carbocycles. The van der Waals surface area contributed by atoms with Gasteiger partial charge in [-0.15, -0.1) is 0 Å². The number of halogens is 3. The predicted molar refractivity (Wildman–Crippen MR) is 73.3 cm³/mol. The van der Waals surface area contributed by atoms with Gasteiger partial charge in [-0.2, -0.15) is 18.3 Å². The molecule has 1 N–H and O–H groups in total. The van der Waals surface area contributed by atoms with Gasteiger partial charge in [0.15, 0.2) is 0 Å². The highest BCUT2D eigenvalue weighted by molar-refractivity contribution is 5.69. The summed E-state index contributed by atoms with van der Waals surface area (Å²) >= 11 is 0. The molecular formula is C14H14F3N3. The van der Waals surface area contributed by atoms with Crippen molar-refractivity contribution in [2.45, 2.75) is 6.18 Å². The average Bonchev–Trinajstić information content (AvgIpc) is 2.85. The second kappa shape index (κ2) is 5.40. The van der Waals surface area contributed by atoms with Crippen LogP contribution in [0.25, 0.3) is 12.2 Å². The second-order valence-electron chi connectivity index (χ2n) is 4.52. The molecule has 2 aromatic rings. The third kappa shape index (κ3) is 3.40. The van der Waals surface area contributed by atoms with Crippen LogP contribution in [0.4, 0.5) is 18.9 Å². The zero-order valence-electron chi connectivity index (χ0n) is 11.1. The van der Waals surface area contributed by atoms with Crippen LogP contribution in [0.15, 0.2) is 30.3 Å². The van der Waals surface area contributed by atoms with Gasteiger partial charge in [0.25, 0.3) is 0 Å². The number of aromatic nitrogens is 2. The number of hydrogen-bond acceptors (Lipinski definition) is 2. The molecule has 0 bridgehead atoms. The predicted octanol–water partition coefficient (Wildman–Crippen LogP) is 3.66. The highest BCUT2D eigenvalue weighted by Crippen LogP contribution is 2.28. The molecule has 0 fully saturated rings. The fourth-order valence-electron chi connectivity index (χ4n) is 1.63. The molecule has 0 amide bonds. The van der Waals surface area contributed by atoms with E-state index >= 15 is 0 Å². The molecule has 0 spiro atoms. The van der Waals surface area contributed by atoms with E-state index in [2.05, 4.69) is 5.10 Å². The van der Waals surface area contributed by atoms with E-state index in [0.29, 0.717) is 0 Å². The Bertz CT molecular complexity index is 595. The molecule has 0 unspecified atom stereocenters. The number of rotatable bonds is 3. The summed E-state index contributed by atoms with van der Waals surface area (Å²) in [4.78, 5) is 1.97. The topological polar surface area (TPSA) is 31.9 Å². The van der Waals surface area contributed by atoms with Gasteiger partial charge in [-0.3, -0.25) is 5.10 Å². The van der Waals surface area contributed by atoms with E-state index in [1.54, 1.807) is 6.08 Å². The van der Waals surface area contributed by atoms with Crippen LogP contribution in [0.5, 0.6) is 0 Å². The molecule has 106 valence electrons. The maximum atomic E-state index is 12.4. The van der Waals surface area contributed by atoms with Crippen molar-refractivity contribution >= 4 is 17.8 Å². The van der Waals surface area contributed by atoms with Crippen molar-refractivity contribution in [1.82, 2.24) is 10.2 Å². The zero-order valence-corrected chi connectivity index (χ0v) is 11.1. The van der Waals surface area contributed by atoms with Crippen molar-refractivity contribution in [3.8, 4) is 0 Å². The van der Waals surface area contributed by atoms with Crippen molar-refractivity contribution < 1.29 is 13.2 Å². The molecular weight excluding hydrogens is 267 g/mol. The molecule has 0 saturated heterocycles. The number of hydrogen-bond donors (Lipinski definition) is 1. The molecule has 0 aliphatic rings. The normalized spacial score (nSPS) is 12.1. The smallest absolute Gasteiger partial charge is 0.378 e. The van der Waals surface area contributed by atoms with Crippen molar-refractivity contribution in [2.75, 3.05) is 19.0 Å². The molecule has 2 rings (SSSR count). The Labute approximate surface area is 114 Å². The SMILES string of the molecule is CN(C)c1ccc(C=Cc2cc(C(F)(F)F)[nH]n2)cc1. The van der Waals surface area contributed by atoms with E-state index in [1.807, 2.05) is 48.4 Å². The van der Waals surface area contributed by atoms with Crippen LogP contribution in [0, 0.1) is 0 Å². The zero-order chi connectivity index (χ0) is 14.8. The lowest BCUT2D eigenvalue weighted by molar-refractivity contribution is -0.141. The van der Waals surface area contributed by atoms with Gasteiger partial charge in [0.1, 0.15) is 5.69 Å². The summed E-state index contributed by atoms with van der Waals surface area (Å²) in [6, 6.07) is 8.63. The Morgan fingerprint density at radius 3 is 2.25 bits per heavy atom. The minimum absolute atomic E-state index is 0.244. The van der Waals surface area contributed by atoms with Crippen LogP contribution in [0.1, 0.15) is 17.0 Å². The van der Waals surface area contributed by atoms with Crippen LogP contribution >= 0.6 is 0 Å². The van der Waals surface area contributed by atoms with E-state index in [9.17, 15) is 13.2 Å². The average molecular weight is 281 g/mol. The van der Waals surface area contributed by atoms with E-state index < -0.39 is 11.9 Å². The molecule has 0 aliphatic carbocycles. The number of benzene rings is 1. The maximum Gasteiger partial charge on any atom is 0.432 e. The first-order chi connectivity index (χ1) is 9.36. The molecule has 0 atom stereocenters. The number of nitrogens with one attached hydrogen (secondary N) is 1. The highest BCUT2D eigenvalue weighted by Gasteiger charge is 2.32. The number of anilines is 1. The van der Waals surface area contributed by atoms with Crippen LogP contribution in [-0.2, 0) is 6.18 Å². The largest absolute Gasteiger partial charge is 0.432 e. The Morgan fingerprint density at radius 1 is 1.10 bits per heavy atom. The summed E-state index contributed by atoms with van der Waals surface area (Å²) in [5.74, 6) is 0. The molecule has 0 radical (unpaired) electrons. The molecule has 1 heterocycles. The molecule has 1 aromatic carbocycles. The molecule has 20 heavy (non-hydrogen) atoms. The van der Waals surface area contributed by atoms with Gasteiger partial charge in [-0.1, -0.05) is 18.2 Å². The summed E-state index contributed by atoms with van der Waals surface area (Å²) in [6.07, 6.45) is -1.14. The molecule has 3 nitrogen and oxygen atoms in total. The number of H-pyrrole nitrogens is 1. The van der Waals surface area contributed by atoms with Gasteiger partial charge in [0, 0.05) is 19.8 Å². The van der Waals surface area contributed by atoms with E-state index in [0.717, 1.165) is 17.3 Å². The van der Waals surface area contributed by atoms with Crippen LogP contribution in [0.3, 0.4) is 0 Å². The molecule has 1 aromatic heterocycles. The van der Waals surface area contributed by atoms with Gasteiger partial charge in [-0.05, 0) is 29.8 Å². The van der Waals surface area contributed by atoms with Crippen molar-refractivity contribution in [3.05, 3.63) is 47.3 Å². The Balaban J connectivity index is 2.11. The number of alkyl halides is 3. The summed E-state index contributed by atoms with van der Waals surface area (Å²) in [6.45, 7) is 0. The lowest BCUT2D eigenvalue weighted by atomic mass is 10.1. The lowest BCUT2D eigenvalue weighted by Gasteiger charge is -2.11. The van der Waals surface area contributed by atoms with Crippen LogP contribution in [0.2, 0.25) is 0 Å². The van der Waals surface area contributed by atoms with Gasteiger partial charge in [0.2, 0.25) is 0 Å². The fourth-order valence-corrected chi connectivity index (χ4v) is 1.63. The Kier molecular flexibility index (Phi) is 3.83. The standard InChI is InChI=1S/C14H14F3N3/c1-20(2)12-7-4-10(5-8-12)3-6-11-9-13(19-18-11)14(15,16)17/h3-9H,1-2H3,(H,18,19). The lowest BCUT2D eigenvalue weighted by Crippen LogP contribution is -2.07. The quantitative estimate of drug-likeness (QED) is 0.931. The number of aromatic amines is 1. The summed E-state index contributed by atoms with van der Waals surface area (Å²) < 4.78 is 37.2. The number of nitrogens with zero attached hydrogens (tertiary/aromatic N) is 2. The fraction of sp³-hybridized carbons (Fsp3) is 0.214. The monoisotopic (exact) mass is 281 g/mol. The van der Waals surface area contributed by atoms with E-state index in [4.69, 9.17) is 0 Å². The summed E-state index contributed by atoms with van der Waals surface area (Å²) in [5, 5.41) is 5.58. The Morgan fingerprint density at radius 2 is 1.75 bits per heavy atom. The van der Waals surface area contributed by atoms with Crippen molar-refractivity contribution in [2.24, 2.45) is 0 Å². The molecule has 0 aliphatic heterocycles. The minimum Gasteiger partial charge on any atom is -0.378 e. The summed E-state index contributed by atoms with van der Waals surface area (Å²) in [7, 11) is 3.88. The third-order valence-electron chi connectivity index (χ3n) is 2.76. The van der Waals surface area contributed by atoms with Gasteiger partial charge in [0.05, 0.1) is 5.69 Å². The van der Waals surface area contributed by atoms with Gasteiger partial charge >= 0.3 is 6.18 Å². The minimum atomic E-state index is -4.40.